The molecule has 4 rings (SSSR count). The van der Waals surface area contributed by atoms with Crippen molar-refractivity contribution in [1.29, 1.82) is 0 Å². The number of ether oxygens (including phenoxy) is 2. The van der Waals surface area contributed by atoms with Crippen LogP contribution in [0.15, 0.2) is 42.7 Å². The van der Waals surface area contributed by atoms with Crippen molar-refractivity contribution < 1.29 is 32.2 Å². The van der Waals surface area contributed by atoms with E-state index < -0.39 is 29.6 Å². The predicted octanol–water partition coefficient (Wildman–Crippen LogP) is 3.74. The summed E-state index contributed by atoms with van der Waals surface area (Å²) in [6.07, 6.45) is -1.43. The molecule has 2 unspecified atom stereocenters. The molecule has 2 fully saturated rings. The fraction of sp³-hybridized carbons (Fsp3) is 0.316. The minimum atomic E-state index is -4.83. The number of methoxy groups -OCH3 is 1. The van der Waals surface area contributed by atoms with Crippen LogP contribution in [-0.4, -0.2) is 35.9 Å². The van der Waals surface area contributed by atoms with Gasteiger partial charge in [-0.2, -0.15) is 0 Å². The molecule has 152 valence electrons. The van der Waals surface area contributed by atoms with Crippen LogP contribution in [0.1, 0.15) is 13.3 Å². The summed E-state index contributed by atoms with van der Waals surface area (Å²) in [6, 6.07) is 5.58. The molecular weight excluding hydrogens is 391 g/mol. The molecule has 2 heterocycles. The molecule has 10 heteroatoms. The number of amides is 3. The van der Waals surface area contributed by atoms with Gasteiger partial charge in [-0.1, -0.05) is 6.92 Å². The zero-order valence-electron chi connectivity index (χ0n) is 15.4. The second kappa shape index (κ2) is 6.36. The van der Waals surface area contributed by atoms with Gasteiger partial charge in [-0.05, 0) is 42.7 Å². The van der Waals surface area contributed by atoms with Crippen LogP contribution in [0.3, 0.4) is 0 Å². The van der Waals surface area contributed by atoms with Gasteiger partial charge in [-0.15, -0.1) is 13.2 Å². The molecule has 1 aliphatic heterocycles. The largest absolute Gasteiger partial charge is 0.573 e. The van der Waals surface area contributed by atoms with Crippen LogP contribution in [0.25, 0.3) is 0 Å². The van der Waals surface area contributed by atoms with Gasteiger partial charge in [0.1, 0.15) is 11.3 Å². The standard InChI is InChI=1S/C19H16F3N3O4/c1-11-9-18(11)16(26)24(12-3-5-13(6-4-12)29-19(20,21)22)17(27)25(18)14-7-8-23-10-15(14)28-2/h3-8,10-11H,9H2,1-2H3. The molecule has 2 aromatic rings. The van der Waals surface area contributed by atoms with E-state index >= 15 is 0 Å². The van der Waals surface area contributed by atoms with Crippen LogP contribution in [0.5, 0.6) is 11.5 Å². The van der Waals surface area contributed by atoms with Gasteiger partial charge < -0.3 is 9.47 Å². The summed E-state index contributed by atoms with van der Waals surface area (Å²) in [6.45, 7) is 1.86. The number of imide groups is 1. The first-order chi connectivity index (χ1) is 13.7. The third kappa shape index (κ3) is 2.95. The molecule has 1 aromatic carbocycles. The number of carbonyl (C=O) groups excluding carboxylic acids is 2. The van der Waals surface area contributed by atoms with E-state index in [9.17, 15) is 22.8 Å². The number of rotatable bonds is 4. The number of nitrogens with zero attached hydrogens (tertiary/aromatic N) is 3. The monoisotopic (exact) mass is 407 g/mol. The third-order valence-electron chi connectivity index (χ3n) is 5.18. The molecule has 1 saturated carbocycles. The fourth-order valence-corrected chi connectivity index (χ4v) is 3.72. The molecule has 2 atom stereocenters. The van der Waals surface area contributed by atoms with Crippen LogP contribution in [-0.2, 0) is 4.79 Å². The lowest BCUT2D eigenvalue weighted by Crippen LogP contribution is -2.39. The number of alkyl halides is 3. The first kappa shape index (κ1) is 19.0. The van der Waals surface area contributed by atoms with Crippen molar-refractivity contribution in [2.75, 3.05) is 16.9 Å². The smallest absolute Gasteiger partial charge is 0.493 e. The van der Waals surface area contributed by atoms with Crippen molar-refractivity contribution >= 4 is 23.3 Å². The normalized spacial score (nSPS) is 23.7. The van der Waals surface area contributed by atoms with Crippen molar-refractivity contribution in [3.8, 4) is 11.5 Å². The molecule has 0 bridgehead atoms. The highest BCUT2D eigenvalue weighted by Crippen LogP contribution is 2.56. The van der Waals surface area contributed by atoms with E-state index in [1.54, 1.807) is 6.07 Å². The fourth-order valence-electron chi connectivity index (χ4n) is 3.72. The van der Waals surface area contributed by atoms with Crippen LogP contribution >= 0.6 is 0 Å². The molecule has 1 aromatic heterocycles. The second-order valence-electron chi connectivity index (χ2n) is 6.88. The van der Waals surface area contributed by atoms with E-state index in [4.69, 9.17) is 4.74 Å². The van der Waals surface area contributed by atoms with E-state index in [0.717, 1.165) is 17.0 Å². The zero-order chi connectivity index (χ0) is 21.0. The van der Waals surface area contributed by atoms with E-state index in [0.29, 0.717) is 17.9 Å². The maximum atomic E-state index is 13.2. The Morgan fingerprint density at radius 2 is 1.83 bits per heavy atom. The van der Waals surface area contributed by atoms with Crippen LogP contribution in [0.2, 0.25) is 0 Å². The number of anilines is 2. The van der Waals surface area contributed by atoms with E-state index in [1.165, 1.54) is 36.5 Å². The molecule has 1 saturated heterocycles. The molecule has 2 aliphatic rings. The third-order valence-corrected chi connectivity index (χ3v) is 5.18. The molecule has 1 spiro atoms. The van der Waals surface area contributed by atoms with Crippen molar-refractivity contribution in [1.82, 2.24) is 4.98 Å². The molecular formula is C19H16F3N3O4. The van der Waals surface area contributed by atoms with Gasteiger partial charge in [0.2, 0.25) is 0 Å². The lowest BCUT2D eigenvalue weighted by atomic mass is 10.1. The zero-order valence-corrected chi connectivity index (χ0v) is 15.4. The second-order valence-corrected chi connectivity index (χ2v) is 6.88. The minimum Gasteiger partial charge on any atom is -0.493 e. The summed E-state index contributed by atoms with van der Waals surface area (Å²) < 4.78 is 46.2. The Labute approximate surface area is 163 Å². The summed E-state index contributed by atoms with van der Waals surface area (Å²) in [5, 5.41) is 0. The van der Waals surface area contributed by atoms with Gasteiger partial charge in [0.05, 0.1) is 24.7 Å². The summed E-state index contributed by atoms with van der Waals surface area (Å²) in [7, 11) is 1.43. The van der Waals surface area contributed by atoms with Crippen molar-refractivity contribution in [3.05, 3.63) is 42.7 Å². The summed E-state index contributed by atoms with van der Waals surface area (Å²) >= 11 is 0. The predicted molar refractivity (Wildman–Crippen MR) is 95.8 cm³/mol. The number of pyridine rings is 1. The first-order valence-corrected chi connectivity index (χ1v) is 8.71. The van der Waals surface area contributed by atoms with Crippen LogP contribution in [0.4, 0.5) is 29.3 Å². The Morgan fingerprint density at radius 1 is 1.17 bits per heavy atom. The number of urea groups is 1. The van der Waals surface area contributed by atoms with Crippen molar-refractivity contribution in [2.45, 2.75) is 25.2 Å². The Bertz CT molecular complexity index is 979. The number of benzene rings is 1. The maximum absolute atomic E-state index is 13.2. The average Bonchev–Trinajstić information content (AvgIpc) is 3.28. The minimum absolute atomic E-state index is 0.0883. The molecule has 0 radical (unpaired) electrons. The lowest BCUT2D eigenvalue weighted by Gasteiger charge is -2.23. The number of aromatic nitrogens is 1. The highest BCUT2D eigenvalue weighted by Gasteiger charge is 2.71. The molecule has 7 nitrogen and oxygen atoms in total. The Kier molecular flexibility index (Phi) is 4.18. The van der Waals surface area contributed by atoms with Gasteiger partial charge in [-0.3, -0.25) is 14.7 Å². The average molecular weight is 407 g/mol. The molecule has 0 N–H and O–H groups in total. The van der Waals surface area contributed by atoms with Gasteiger partial charge >= 0.3 is 12.4 Å². The number of hydrogen-bond donors (Lipinski definition) is 0. The molecule has 1 aliphatic carbocycles. The topological polar surface area (TPSA) is 72.0 Å². The Morgan fingerprint density at radius 3 is 2.38 bits per heavy atom. The maximum Gasteiger partial charge on any atom is 0.573 e. The van der Waals surface area contributed by atoms with Crippen LogP contribution in [0, 0.1) is 5.92 Å². The number of hydrogen-bond acceptors (Lipinski definition) is 5. The summed E-state index contributed by atoms with van der Waals surface area (Å²) in [5.41, 5.74) is -0.486. The molecule has 29 heavy (non-hydrogen) atoms. The molecule has 3 amide bonds. The van der Waals surface area contributed by atoms with Gasteiger partial charge in [-0.25, -0.2) is 9.69 Å². The highest BCUT2D eigenvalue weighted by molar-refractivity contribution is 6.32. The highest BCUT2D eigenvalue weighted by atomic mass is 19.4. The van der Waals surface area contributed by atoms with Crippen LogP contribution < -0.4 is 19.3 Å². The Hall–Kier alpha value is -3.30. The quantitative estimate of drug-likeness (QED) is 0.722. The van der Waals surface area contributed by atoms with Crippen molar-refractivity contribution in [2.24, 2.45) is 5.92 Å². The Balaban J connectivity index is 1.72. The van der Waals surface area contributed by atoms with Crippen molar-refractivity contribution in [3.63, 3.8) is 0 Å². The lowest BCUT2D eigenvalue weighted by molar-refractivity contribution is -0.274. The SMILES string of the molecule is COc1cnccc1N1C(=O)N(c2ccc(OC(F)(F)F)cc2)C(=O)C12CC2C. The summed E-state index contributed by atoms with van der Waals surface area (Å²) in [4.78, 5) is 32.8. The summed E-state index contributed by atoms with van der Waals surface area (Å²) in [5.74, 6) is -0.626. The van der Waals surface area contributed by atoms with E-state index in [2.05, 4.69) is 9.72 Å². The van der Waals surface area contributed by atoms with E-state index in [-0.39, 0.29) is 11.6 Å². The first-order valence-electron chi connectivity index (χ1n) is 8.71. The number of carbonyl (C=O) groups is 2. The van der Waals surface area contributed by atoms with Gasteiger partial charge in [0.15, 0.2) is 5.75 Å². The van der Waals surface area contributed by atoms with Gasteiger partial charge in [0.25, 0.3) is 5.91 Å². The van der Waals surface area contributed by atoms with Gasteiger partial charge in [0, 0.05) is 6.20 Å². The van der Waals surface area contributed by atoms with E-state index in [1.807, 2.05) is 6.92 Å². The number of halogens is 3.